The molecule has 5 nitrogen and oxygen atoms in total. The lowest BCUT2D eigenvalue weighted by Gasteiger charge is -2.04. The maximum atomic E-state index is 5.71. The number of hydrogen-bond acceptors (Lipinski definition) is 5. The van der Waals surface area contributed by atoms with E-state index in [1.54, 1.807) is 19.4 Å². The van der Waals surface area contributed by atoms with Gasteiger partial charge in [-0.25, -0.2) is 9.97 Å². The third kappa shape index (κ3) is 2.04. The summed E-state index contributed by atoms with van der Waals surface area (Å²) in [6.07, 6.45) is 1.60. The SMILES string of the molecule is COCc1cc(N)nc(-c2ccoc2C)n1. The number of nitrogens with zero attached hydrogens (tertiary/aromatic N) is 2. The Balaban J connectivity index is 2.45. The number of nitrogen functional groups attached to an aromatic ring is 1. The van der Waals surface area contributed by atoms with Gasteiger partial charge in [-0.15, -0.1) is 0 Å². The van der Waals surface area contributed by atoms with Crippen LogP contribution in [0, 0.1) is 6.92 Å². The van der Waals surface area contributed by atoms with E-state index in [1.165, 1.54) is 0 Å². The summed E-state index contributed by atoms with van der Waals surface area (Å²) in [4.78, 5) is 8.52. The van der Waals surface area contributed by atoms with Crippen molar-refractivity contribution in [2.75, 3.05) is 12.8 Å². The molecule has 5 heteroatoms. The standard InChI is InChI=1S/C11H13N3O2/c1-7-9(3-4-16-7)11-13-8(6-15-2)5-10(12)14-11/h3-5H,6H2,1-2H3,(H2,12,13,14). The lowest BCUT2D eigenvalue weighted by atomic mass is 10.2. The van der Waals surface area contributed by atoms with Gasteiger partial charge in [-0.05, 0) is 13.0 Å². The summed E-state index contributed by atoms with van der Waals surface area (Å²) < 4.78 is 10.2. The number of methoxy groups -OCH3 is 1. The Morgan fingerprint density at radius 1 is 1.44 bits per heavy atom. The smallest absolute Gasteiger partial charge is 0.165 e. The molecule has 0 aliphatic carbocycles. The van der Waals surface area contributed by atoms with Crippen LogP contribution in [-0.4, -0.2) is 17.1 Å². The zero-order chi connectivity index (χ0) is 11.5. The van der Waals surface area contributed by atoms with Gasteiger partial charge in [0.2, 0.25) is 0 Å². The van der Waals surface area contributed by atoms with Crippen molar-refractivity contribution in [1.29, 1.82) is 0 Å². The van der Waals surface area contributed by atoms with Crippen LogP contribution in [-0.2, 0) is 11.3 Å². The number of nitrogens with two attached hydrogens (primary N) is 1. The van der Waals surface area contributed by atoms with Crippen LogP contribution >= 0.6 is 0 Å². The van der Waals surface area contributed by atoms with Crippen LogP contribution in [0.2, 0.25) is 0 Å². The zero-order valence-corrected chi connectivity index (χ0v) is 9.23. The number of hydrogen-bond donors (Lipinski definition) is 1. The first-order chi connectivity index (χ1) is 7.70. The lowest BCUT2D eigenvalue weighted by Crippen LogP contribution is -2.01. The molecule has 0 aliphatic heterocycles. The van der Waals surface area contributed by atoms with Gasteiger partial charge in [0, 0.05) is 13.2 Å². The number of rotatable bonds is 3. The summed E-state index contributed by atoms with van der Waals surface area (Å²) in [7, 11) is 1.61. The molecule has 0 spiro atoms. The molecule has 0 bridgehead atoms. The molecule has 2 aromatic rings. The monoisotopic (exact) mass is 219 g/mol. The molecule has 0 atom stereocenters. The van der Waals surface area contributed by atoms with Crippen molar-refractivity contribution >= 4 is 5.82 Å². The Morgan fingerprint density at radius 2 is 2.25 bits per heavy atom. The number of aromatic nitrogens is 2. The van der Waals surface area contributed by atoms with Gasteiger partial charge < -0.3 is 14.9 Å². The van der Waals surface area contributed by atoms with Gasteiger partial charge in [0.15, 0.2) is 5.82 Å². The minimum atomic E-state index is 0.413. The molecule has 0 amide bonds. The molecule has 0 radical (unpaired) electrons. The second kappa shape index (κ2) is 4.32. The summed E-state index contributed by atoms with van der Waals surface area (Å²) in [5.41, 5.74) is 7.32. The molecular formula is C11H13N3O2. The fraction of sp³-hybridized carbons (Fsp3) is 0.273. The molecule has 0 saturated carbocycles. The van der Waals surface area contributed by atoms with E-state index < -0.39 is 0 Å². The number of furan rings is 1. The van der Waals surface area contributed by atoms with E-state index in [0.29, 0.717) is 18.2 Å². The van der Waals surface area contributed by atoms with Crippen molar-refractivity contribution in [3.8, 4) is 11.4 Å². The van der Waals surface area contributed by atoms with Crippen LogP contribution in [0.1, 0.15) is 11.5 Å². The highest BCUT2D eigenvalue weighted by Gasteiger charge is 2.09. The second-order valence-electron chi connectivity index (χ2n) is 3.43. The maximum absolute atomic E-state index is 5.71. The van der Waals surface area contributed by atoms with E-state index in [1.807, 2.05) is 13.0 Å². The summed E-state index contributed by atoms with van der Waals surface area (Å²) in [6, 6.07) is 3.52. The number of anilines is 1. The van der Waals surface area contributed by atoms with Crippen molar-refractivity contribution in [3.63, 3.8) is 0 Å². The number of ether oxygens (including phenoxy) is 1. The number of aryl methyl sites for hydroxylation is 1. The fourth-order valence-electron chi connectivity index (χ4n) is 1.48. The summed E-state index contributed by atoms with van der Waals surface area (Å²) in [6.45, 7) is 2.27. The van der Waals surface area contributed by atoms with Gasteiger partial charge >= 0.3 is 0 Å². The summed E-state index contributed by atoms with van der Waals surface area (Å²) in [5.74, 6) is 1.77. The molecular weight excluding hydrogens is 206 g/mol. The van der Waals surface area contributed by atoms with Crippen LogP contribution < -0.4 is 5.73 Å². The average Bonchev–Trinajstić information content (AvgIpc) is 2.64. The highest BCUT2D eigenvalue weighted by atomic mass is 16.5. The molecule has 2 aromatic heterocycles. The molecule has 0 aromatic carbocycles. The Bertz CT molecular complexity index is 494. The molecule has 16 heavy (non-hydrogen) atoms. The van der Waals surface area contributed by atoms with Crippen LogP contribution in [0.5, 0.6) is 0 Å². The third-order valence-corrected chi connectivity index (χ3v) is 2.19. The Hall–Kier alpha value is -1.88. The van der Waals surface area contributed by atoms with Gasteiger partial charge in [-0.3, -0.25) is 0 Å². The molecule has 2 heterocycles. The minimum absolute atomic E-state index is 0.413. The minimum Gasteiger partial charge on any atom is -0.469 e. The molecule has 0 fully saturated rings. The van der Waals surface area contributed by atoms with E-state index in [4.69, 9.17) is 14.9 Å². The van der Waals surface area contributed by atoms with Gasteiger partial charge in [0.1, 0.15) is 11.6 Å². The van der Waals surface area contributed by atoms with Crippen molar-refractivity contribution < 1.29 is 9.15 Å². The first-order valence-electron chi connectivity index (χ1n) is 4.87. The van der Waals surface area contributed by atoms with Crippen molar-refractivity contribution in [1.82, 2.24) is 9.97 Å². The Morgan fingerprint density at radius 3 is 2.88 bits per heavy atom. The highest BCUT2D eigenvalue weighted by Crippen LogP contribution is 2.21. The predicted molar refractivity (Wildman–Crippen MR) is 59.6 cm³/mol. The second-order valence-corrected chi connectivity index (χ2v) is 3.43. The lowest BCUT2D eigenvalue weighted by molar-refractivity contribution is 0.181. The van der Waals surface area contributed by atoms with E-state index in [-0.39, 0.29) is 0 Å². The van der Waals surface area contributed by atoms with Gasteiger partial charge in [-0.1, -0.05) is 0 Å². The van der Waals surface area contributed by atoms with E-state index >= 15 is 0 Å². The molecule has 0 saturated heterocycles. The van der Waals surface area contributed by atoms with Gasteiger partial charge in [-0.2, -0.15) is 0 Å². The van der Waals surface area contributed by atoms with Crippen molar-refractivity contribution in [2.24, 2.45) is 0 Å². The molecule has 0 aliphatic rings. The third-order valence-electron chi connectivity index (χ3n) is 2.19. The van der Waals surface area contributed by atoms with Crippen LogP contribution in [0.25, 0.3) is 11.4 Å². The van der Waals surface area contributed by atoms with Crippen molar-refractivity contribution in [3.05, 3.63) is 29.9 Å². The van der Waals surface area contributed by atoms with E-state index in [0.717, 1.165) is 17.0 Å². The van der Waals surface area contributed by atoms with E-state index in [9.17, 15) is 0 Å². The average molecular weight is 219 g/mol. The van der Waals surface area contributed by atoms with Gasteiger partial charge in [0.05, 0.1) is 24.1 Å². The maximum Gasteiger partial charge on any atom is 0.165 e. The quantitative estimate of drug-likeness (QED) is 0.851. The van der Waals surface area contributed by atoms with E-state index in [2.05, 4.69) is 9.97 Å². The molecule has 84 valence electrons. The zero-order valence-electron chi connectivity index (χ0n) is 9.23. The summed E-state index contributed by atoms with van der Waals surface area (Å²) >= 11 is 0. The summed E-state index contributed by atoms with van der Waals surface area (Å²) in [5, 5.41) is 0. The topological polar surface area (TPSA) is 74.2 Å². The largest absolute Gasteiger partial charge is 0.469 e. The molecule has 2 N–H and O–H groups in total. The first kappa shape index (κ1) is 10.6. The first-order valence-corrected chi connectivity index (χ1v) is 4.87. The van der Waals surface area contributed by atoms with Crippen molar-refractivity contribution in [2.45, 2.75) is 13.5 Å². The van der Waals surface area contributed by atoms with Crippen LogP contribution in [0.15, 0.2) is 22.8 Å². The predicted octanol–water partition coefficient (Wildman–Crippen LogP) is 1.77. The van der Waals surface area contributed by atoms with Gasteiger partial charge in [0.25, 0.3) is 0 Å². The van der Waals surface area contributed by atoms with Crippen LogP contribution in [0.4, 0.5) is 5.82 Å². The highest BCUT2D eigenvalue weighted by molar-refractivity contribution is 5.58. The van der Waals surface area contributed by atoms with Crippen LogP contribution in [0.3, 0.4) is 0 Å². The molecule has 0 unspecified atom stereocenters. The molecule has 2 rings (SSSR count). The fourth-order valence-corrected chi connectivity index (χ4v) is 1.48. The Labute approximate surface area is 93.3 Å². The Kier molecular flexibility index (Phi) is 2.87. The normalized spacial score (nSPS) is 10.6.